The quantitative estimate of drug-likeness (QED) is 0.654. The minimum Gasteiger partial charge on any atom is -0.433 e. The fourth-order valence-electron chi connectivity index (χ4n) is 1.33. The van der Waals surface area contributed by atoms with Crippen LogP contribution in [-0.4, -0.2) is 18.2 Å². The molecule has 1 aliphatic carbocycles. The minimum atomic E-state index is -0.396. The number of rotatable bonds is 2. The number of alkyl halides is 1. The molecule has 0 bridgehead atoms. The summed E-state index contributed by atoms with van der Waals surface area (Å²) >= 11 is 5.20. The third-order valence-corrected chi connectivity index (χ3v) is 1.97. The number of halogens is 1. The topological polar surface area (TPSA) is 38.3 Å². The number of hydrogen-bond acceptors (Lipinski definition) is 2. The molecule has 1 N–H and O–H groups in total. The highest BCUT2D eigenvalue weighted by atomic mass is 35.5. The normalized spacial score (nSPS) is 18.3. The Bertz CT molecular complexity index is 134. The SMILES string of the molecule is O=C(NC1CCCC1)OCCl. The number of alkyl carbamates (subject to hydrolysis) is 1. The molecular formula is C7H12ClNO2. The Balaban J connectivity index is 2.13. The zero-order chi connectivity index (χ0) is 8.10. The van der Waals surface area contributed by atoms with Crippen molar-refractivity contribution in [3.05, 3.63) is 0 Å². The third kappa shape index (κ3) is 2.97. The lowest BCUT2D eigenvalue weighted by molar-refractivity contribution is 0.160. The van der Waals surface area contributed by atoms with Crippen molar-refractivity contribution < 1.29 is 9.53 Å². The lowest BCUT2D eigenvalue weighted by Crippen LogP contribution is -2.32. The van der Waals surface area contributed by atoms with Crippen molar-refractivity contribution in [2.75, 3.05) is 6.07 Å². The van der Waals surface area contributed by atoms with Gasteiger partial charge < -0.3 is 10.1 Å². The van der Waals surface area contributed by atoms with Gasteiger partial charge in [-0.3, -0.25) is 0 Å². The highest BCUT2D eigenvalue weighted by Crippen LogP contribution is 2.17. The van der Waals surface area contributed by atoms with E-state index in [1.165, 1.54) is 12.8 Å². The van der Waals surface area contributed by atoms with Gasteiger partial charge >= 0.3 is 6.09 Å². The van der Waals surface area contributed by atoms with Crippen LogP contribution in [0.4, 0.5) is 4.79 Å². The van der Waals surface area contributed by atoms with Crippen molar-refractivity contribution in [1.82, 2.24) is 5.32 Å². The maximum Gasteiger partial charge on any atom is 0.408 e. The Hall–Kier alpha value is -0.440. The Morgan fingerprint density at radius 3 is 2.73 bits per heavy atom. The monoisotopic (exact) mass is 177 g/mol. The van der Waals surface area contributed by atoms with E-state index in [0.29, 0.717) is 6.04 Å². The maximum absolute atomic E-state index is 10.8. The van der Waals surface area contributed by atoms with Crippen LogP contribution in [0.2, 0.25) is 0 Å². The molecule has 4 heteroatoms. The van der Waals surface area contributed by atoms with Gasteiger partial charge in [-0.15, -0.1) is 0 Å². The molecule has 1 saturated carbocycles. The molecule has 0 radical (unpaired) electrons. The molecule has 1 amide bonds. The van der Waals surface area contributed by atoms with E-state index in [1.807, 2.05) is 0 Å². The molecule has 1 aliphatic rings. The molecule has 0 aromatic heterocycles. The lowest BCUT2D eigenvalue weighted by atomic mass is 10.3. The van der Waals surface area contributed by atoms with Crippen LogP contribution in [0.15, 0.2) is 0 Å². The summed E-state index contributed by atoms with van der Waals surface area (Å²) in [5.41, 5.74) is 0. The average Bonchev–Trinajstić information content (AvgIpc) is 2.40. The predicted molar refractivity (Wildman–Crippen MR) is 42.6 cm³/mol. The van der Waals surface area contributed by atoms with Crippen molar-refractivity contribution in [2.24, 2.45) is 0 Å². The Morgan fingerprint density at radius 2 is 2.18 bits per heavy atom. The number of carbonyl (C=O) groups excluding carboxylic acids is 1. The van der Waals surface area contributed by atoms with Gasteiger partial charge in [0.2, 0.25) is 0 Å². The van der Waals surface area contributed by atoms with E-state index in [-0.39, 0.29) is 6.07 Å². The average molecular weight is 178 g/mol. The van der Waals surface area contributed by atoms with Gasteiger partial charge in [-0.2, -0.15) is 0 Å². The maximum atomic E-state index is 10.8. The summed E-state index contributed by atoms with van der Waals surface area (Å²) in [5, 5.41) is 2.73. The first-order valence-corrected chi connectivity index (χ1v) is 4.35. The molecule has 0 aliphatic heterocycles. The molecule has 0 saturated heterocycles. The summed E-state index contributed by atoms with van der Waals surface area (Å²) in [5.74, 6) is 0. The van der Waals surface area contributed by atoms with Crippen molar-refractivity contribution in [1.29, 1.82) is 0 Å². The van der Waals surface area contributed by atoms with Gasteiger partial charge in [-0.05, 0) is 12.8 Å². The summed E-state index contributed by atoms with van der Waals surface area (Å²) in [6.45, 7) is 0. The van der Waals surface area contributed by atoms with Crippen LogP contribution < -0.4 is 5.32 Å². The van der Waals surface area contributed by atoms with Crippen LogP contribution in [0.1, 0.15) is 25.7 Å². The summed E-state index contributed by atoms with van der Waals surface area (Å²) in [6, 6.07) is 0.240. The molecule has 1 rings (SSSR count). The van der Waals surface area contributed by atoms with Crippen molar-refractivity contribution in [3.8, 4) is 0 Å². The van der Waals surface area contributed by atoms with Gasteiger partial charge in [0.1, 0.15) is 0 Å². The minimum absolute atomic E-state index is 0.0709. The van der Waals surface area contributed by atoms with Crippen molar-refractivity contribution >= 4 is 17.7 Å². The lowest BCUT2D eigenvalue weighted by Gasteiger charge is -2.10. The Labute approximate surface area is 71.1 Å². The summed E-state index contributed by atoms with van der Waals surface area (Å²) in [4.78, 5) is 10.8. The second-order valence-corrected chi connectivity index (χ2v) is 2.88. The van der Waals surface area contributed by atoms with E-state index < -0.39 is 6.09 Å². The van der Waals surface area contributed by atoms with Gasteiger partial charge in [0.05, 0.1) is 0 Å². The van der Waals surface area contributed by atoms with Crippen LogP contribution in [-0.2, 0) is 4.74 Å². The summed E-state index contributed by atoms with van der Waals surface area (Å²) in [7, 11) is 0. The Kier molecular flexibility index (Phi) is 3.49. The zero-order valence-corrected chi connectivity index (χ0v) is 7.06. The number of nitrogens with one attached hydrogen (secondary N) is 1. The van der Waals surface area contributed by atoms with Crippen LogP contribution in [0.3, 0.4) is 0 Å². The number of hydrogen-bond donors (Lipinski definition) is 1. The van der Waals surface area contributed by atoms with E-state index in [1.54, 1.807) is 0 Å². The van der Waals surface area contributed by atoms with Gasteiger partial charge in [0, 0.05) is 6.04 Å². The molecule has 0 spiro atoms. The van der Waals surface area contributed by atoms with E-state index >= 15 is 0 Å². The van der Waals surface area contributed by atoms with Gasteiger partial charge in [0.15, 0.2) is 6.07 Å². The first-order chi connectivity index (χ1) is 5.33. The summed E-state index contributed by atoms with van der Waals surface area (Å²) < 4.78 is 4.52. The van der Waals surface area contributed by atoms with Crippen LogP contribution in [0.25, 0.3) is 0 Å². The van der Waals surface area contributed by atoms with Crippen molar-refractivity contribution in [2.45, 2.75) is 31.7 Å². The molecule has 0 heterocycles. The van der Waals surface area contributed by atoms with Gasteiger partial charge in [-0.25, -0.2) is 4.79 Å². The smallest absolute Gasteiger partial charge is 0.408 e. The molecule has 11 heavy (non-hydrogen) atoms. The molecule has 64 valence electrons. The molecular weight excluding hydrogens is 166 g/mol. The highest BCUT2D eigenvalue weighted by molar-refractivity contribution is 6.17. The van der Waals surface area contributed by atoms with E-state index in [9.17, 15) is 4.79 Å². The van der Waals surface area contributed by atoms with E-state index in [2.05, 4.69) is 10.1 Å². The predicted octanol–water partition coefficient (Wildman–Crippen LogP) is 1.85. The zero-order valence-electron chi connectivity index (χ0n) is 6.31. The first-order valence-electron chi connectivity index (χ1n) is 3.82. The molecule has 0 unspecified atom stereocenters. The molecule has 0 atom stereocenters. The van der Waals surface area contributed by atoms with Crippen molar-refractivity contribution in [3.63, 3.8) is 0 Å². The van der Waals surface area contributed by atoms with Crippen LogP contribution in [0, 0.1) is 0 Å². The van der Waals surface area contributed by atoms with Crippen LogP contribution >= 0.6 is 11.6 Å². The number of amides is 1. The van der Waals surface area contributed by atoms with Gasteiger partial charge in [-0.1, -0.05) is 24.4 Å². The van der Waals surface area contributed by atoms with E-state index in [4.69, 9.17) is 11.6 Å². The molecule has 3 nitrogen and oxygen atoms in total. The molecule has 1 fully saturated rings. The fourth-order valence-corrected chi connectivity index (χ4v) is 1.43. The Morgan fingerprint density at radius 1 is 1.55 bits per heavy atom. The summed E-state index contributed by atoms with van der Waals surface area (Å²) in [6.07, 6.45) is 4.14. The second-order valence-electron chi connectivity index (χ2n) is 2.67. The van der Waals surface area contributed by atoms with Gasteiger partial charge in [0.25, 0.3) is 0 Å². The second kappa shape index (κ2) is 4.44. The number of ether oxygens (including phenoxy) is 1. The van der Waals surface area contributed by atoms with Crippen LogP contribution in [0.5, 0.6) is 0 Å². The standard InChI is InChI=1S/C7H12ClNO2/c8-5-11-7(10)9-6-3-1-2-4-6/h6H,1-5H2,(H,9,10). The molecule has 0 aromatic carbocycles. The third-order valence-electron chi connectivity index (χ3n) is 1.86. The highest BCUT2D eigenvalue weighted by Gasteiger charge is 2.17. The molecule has 0 aromatic rings. The van der Waals surface area contributed by atoms with E-state index in [0.717, 1.165) is 12.8 Å². The fraction of sp³-hybridized carbons (Fsp3) is 0.857. The number of carbonyl (C=O) groups is 1. The first kappa shape index (κ1) is 8.65. The largest absolute Gasteiger partial charge is 0.433 e.